The smallest absolute Gasteiger partial charge is 0.276 e. The second kappa shape index (κ2) is 7.97. The first-order valence-electron chi connectivity index (χ1n) is 6.85. The molecule has 118 valence electrons. The summed E-state index contributed by atoms with van der Waals surface area (Å²) in [6.45, 7) is -0.355. The number of nitrogens with zero attached hydrogens (tertiary/aromatic N) is 2. The number of nitriles is 2. The van der Waals surface area contributed by atoms with Crippen LogP contribution in [0.4, 0.5) is 0 Å². The van der Waals surface area contributed by atoms with Crippen LogP contribution >= 0.6 is 0 Å². The van der Waals surface area contributed by atoms with Gasteiger partial charge in [0, 0.05) is 5.56 Å². The summed E-state index contributed by atoms with van der Waals surface area (Å²) in [4.78, 5) is 23.5. The number of benzene rings is 2. The van der Waals surface area contributed by atoms with Crippen LogP contribution < -0.4 is 15.6 Å². The highest BCUT2D eigenvalue weighted by atomic mass is 16.5. The zero-order valence-electron chi connectivity index (χ0n) is 12.4. The molecule has 0 bridgehead atoms. The molecule has 0 fully saturated rings. The number of ether oxygens (including phenoxy) is 1. The van der Waals surface area contributed by atoms with Crippen LogP contribution in [-0.4, -0.2) is 18.4 Å². The number of hydrogen-bond donors (Lipinski definition) is 2. The Morgan fingerprint density at radius 3 is 2.33 bits per heavy atom. The predicted octanol–water partition coefficient (Wildman–Crippen LogP) is 1.27. The van der Waals surface area contributed by atoms with E-state index in [-0.39, 0.29) is 12.4 Å². The normalized spacial score (nSPS) is 9.25. The van der Waals surface area contributed by atoms with Crippen molar-refractivity contribution < 1.29 is 14.3 Å². The molecule has 7 nitrogen and oxygen atoms in total. The lowest BCUT2D eigenvalue weighted by molar-refractivity contribution is -0.123. The van der Waals surface area contributed by atoms with Crippen molar-refractivity contribution >= 4 is 11.8 Å². The van der Waals surface area contributed by atoms with Gasteiger partial charge in [0.25, 0.3) is 11.8 Å². The lowest BCUT2D eigenvalue weighted by Gasteiger charge is -2.09. The van der Waals surface area contributed by atoms with Crippen molar-refractivity contribution in [3.63, 3.8) is 0 Å². The van der Waals surface area contributed by atoms with Gasteiger partial charge < -0.3 is 4.74 Å². The minimum atomic E-state index is -0.579. The molecule has 0 aliphatic rings. The molecular formula is C17H12N4O3. The van der Waals surface area contributed by atoms with Gasteiger partial charge >= 0.3 is 0 Å². The Morgan fingerprint density at radius 2 is 1.67 bits per heavy atom. The average Bonchev–Trinajstić information content (AvgIpc) is 2.64. The molecule has 24 heavy (non-hydrogen) atoms. The van der Waals surface area contributed by atoms with Gasteiger partial charge in [0.1, 0.15) is 11.8 Å². The number of rotatable bonds is 4. The molecule has 0 unspecified atom stereocenters. The largest absolute Gasteiger partial charge is 0.482 e. The molecule has 0 atom stereocenters. The number of carbonyl (C=O) groups is 2. The van der Waals surface area contributed by atoms with Gasteiger partial charge in [-0.15, -0.1) is 0 Å². The van der Waals surface area contributed by atoms with Crippen molar-refractivity contribution in [3.05, 3.63) is 65.2 Å². The molecule has 0 aromatic heterocycles. The van der Waals surface area contributed by atoms with E-state index >= 15 is 0 Å². The fourth-order valence-corrected chi connectivity index (χ4v) is 1.76. The maximum Gasteiger partial charge on any atom is 0.276 e. The molecule has 2 amide bonds. The summed E-state index contributed by atoms with van der Waals surface area (Å²) >= 11 is 0. The maximum atomic E-state index is 11.8. The van der Waals surface area contributed by atoms with Crippen LogP contribution in [-0.2, 0) is 4.79 Å². The van der Waals surface area contributed by atoms with Gasteiger partial charge in [-0.3, -0.25) is 20.4 Å². The second-order valence-corrected chi connectivity index (χ2v) is 4.59. The van der Waals surface area contributed by atoms with Crippen molar-refractivity contribution in [2.75, 3.05) is 6.61 Å². The summed E-state index contributed by atoms with van der Waals surface area (Å²) in [7, 11) is 0. The first kappa shape index (κ1) is 16.5. The van der Waals surface area contributed by atoms with Gasteiger partial charge in [0.05, 0.1) is 17.2 Å². The number of hydrogen-bond acceptors (Lipinski definition) is 5. The van der Waals surface area contributed by atoms with E-state index in [1.165, 1.54) is 24.3 Å². The predicted molar refractivity (Wildman–Crippen MR) is 83.4 cm³/mol. The highest BCUT2D eigenvalue weighted by Gasteiger charge is 2.09. The number of nitrogens with one attached hydrogen (secondary N) is 2. The molecule has 0 radical (unpaired) electrons. The monoisotopic (exact) mass is 320 g/mol. The fourth-order valence-electron chi connectivity index (χ4n) is 1.76. The van der Waals surface area contributed by atoms with Crippen LogP contribution in [0.25, 0.3) is 0 Å². The number of carbonyl (C=O) groups excluding carboxylic acids is 2. The first-order valence-corrected chi connectivity index (χ1v) is 6.85. The van der Waals surface area contributed by atoms with Gasteiger partial charge in [-0.25, -0.2) is 0 Å². The summed E-state index contributed by atoms with van der Waals surface area (Å²) in [5, 5.41) is 17.6. The van der Waals surface area contributed by atoms with E-state index in [0.717, 1.165) is 0 Å². The summed E-state index contributed by atoms with van der Waals surface area (Å²) in [6.07, 6.45) is 0. The number of amides is 2. The Bertz CT molecular complexity index is 832. The first-order chi connectivity index (χ1) is 11.6. The Balaban J connectivity index is 1.83. The zero-order chi connectivity index (χ0) is 17.4. The minimum Gasteiger partial charge on any atom is -0.482 e. The van der Waals surface area contributed by atoms with Gasteiger partial charge in [-0.05, 0) is 36.4 Å². The third-order valence-electron chi connectivity index (χ3n) is 2.96. The fraction of sp³-hybridized carbons (Fsp3) is 0.0588. The summed E-state index contributed by atoms with van der Waals surface area (Å²) in [6, 6.07) is 16.3. The Hall–Kier alpha value is -3.84. The molecule has 2 rings (SSSR count). The van der Waals surface area contributed by atoms with Gasteiger partial charge in [-0.1, -0.05) is 12.1 Å². The van der Waals surface area contributed by atoms with Gasteiger partial charge in [0.2, 0.25) is 0 Å². The molecule has 2 N–H and O–H groups in total. The second-order valence-electron chi connectivity index (χ2n) is 4.59. The highest BCUT2D eigenvalue weighted by molar-refractivity contribution is 5.95. The highest BCUT2D eigenvalue weighted by Crippen LogP contribution is 2.16. The third-order valence-corrected chi connectivity index (χ3v) is 2.96. The van der Waals surface area contributed by atoms with Crippen LogP contribution in [0.2, 0.25) is 0 Å². The van der Waals surface area contributed by atoms with Crippen LogP contribution in [0.5, 0.6) is 5.75 Å². The Kier molecular flexibility index (Phi) is 5.49. The quantitative estimate of drug-likeness (QED) is 0.823. The Labute approximate surface area is 138 Å². The van der Waals surface area contributed by atoms with Crippen LogP contribution in [0, 0.1) is 22.7 Å². The molecule has 0 heterocycles. The molecule has 2 aromatic rings. The van der Waals surface area contributed by atoms with Crippen molar-refractivity contribution in [1.82, 2.24) is 10.9 Å². The summed E-state index contributed by atoms with van der Waals surface area (Å²) < 4.78 is 5.24. The minimum absolute atomic E-state index is 0.286. The molecule has 0 saturated heterocycles. The molecule has 0 aliphatic carbocycles. The van der Waals surface area contributed by atoms with E-state index in [0.29, 0.717) is 16.7 Å². The molecular weight excluding hydrogens is 308 g/mol. The van der Waals surface area contributed by atoms with E-state index in [9.17, 15) is 9.59 Å². The molecule has 0 aliphatic heterocycles. The topological polar surface area (TPSA) is 115 Å². The SMILES string of the molecule is N#Cc1ccc(C(=O)NNC(=O)COc2ccccc2C#N)cc1. The molecule has 7 heteroatoms. The van der Waals surface area contributed by atoms with Crippen molar-refractivity contribution in [3.8, 4) is 17.9 Å². The average molecular weight is 320 g/mol. The molecule has 0 saturated carbocycles. The van der Waals surface area contributed by atoms with Crippen molar-refractivity contribution in [2.45, 2.75) is 0 Å². The summed E-state index contributed by atoms with van der Waals surface area (Å²) in [5.41, 5.74) is 5.48. The van der Waals surface area contributed by atoms with E-state index < -0.39 is 11.8 Å². The van der Waals surface area contributed by atoms with Crippen LogP contribution in [0.15, 0.2) is 48.5 Å². The van der Waals surface area contributed by atoms with Crippen molar-refractivity contribution in [1.29, 1.82) is 10.5 Å². The lowest BCUT2D eigenvalue weighted by atomic mass is 10.1. The van der Waals surface area contributed by atoms with Crippen LogP contribution in [0.3, 0.4) is 0 Å². The molecule has 2 aromatic carbocycles. The zero-order valence-corrected chi connectivity index (χ0v) is 12.4. The van der Waals surface area contributed by atoms with Gasteiger partial charge in [0.15, 0.2) is 6.61 Å². The maximum absolute atomic E-state index is 11.8. The summed E-state index contributed by atoms with van der Waals surface area (Å²) in [5.74, 6) is -0.816. The van der Waals surface area contributed by atoms with Gasteiger partial charge in [-0.2, -0.15) is 10.5 Å². The molecule has 0 spiro atoms. The van der Waals surface area contributed by atoms with E-state index in [1.54, 1.807) is 24.3 Å². The van der Waals surface area contributed by atoms with Crippen molar-refractivity contribution in [2.24, 2.45) is 0 Å². The number of hydrazine groups is 1. The van der Waals surface area contributed by atoms with E-state index in [2.05, 4.69) is 10.9 Å². The van der Waals surface area contributed by atoms with Crippen LogP contribution in [0.1, 0.15) is 21.5 Å². The standard InChI is InChI=1S/C17H12N4O3/c18-9-12-5-7-13(8-6-12)17(23)21-20-16(22)11-24-15-4-2-1-3-14(15)10-19/h1-8H,11H2,(H,20,22)(H,21,23). The number of para-hydroxylation sites is 1. The lowest BCUT2D eigenvalue weighted by Crippen LogP contribution is -2.43. The Morgan fingerprint density at radius 1 is 0.958 bits per heavy atom. The van der Waals surface area contributed by atoms with E-state index in [1.807, 2.05) is 12.1 Å². The van der Waals surface area contributed by atoms with E-state index in [4.69, 9.17) is 15.3 Å². The third kappa shape index (κ3) is 4.33.